The molecule has 144 valence electrons. The maximum Gasteiger partial charge on any atom is 0.397 e. The lowest BCUT2D eigenvalue weighted by Crippen LogP contribution is -2.17. The second kappa shape index (κ2) is 8.45. The molecule has 0 saturated carbocycles. The van der Waals surface area contributed by atoms with E-state index in [2.05, 4.69) is 9.17 Å². The Morgan fingerprint density at radius 1 is 1.41 bits per heavy atom. The maximum atomic E-state index is 11.1. The van der Waals surface area contributed by atoms with Crippen molar-refractivity contribution < 1.29 is 31.8 Å². The summed E-state index contributed by atoms with van der Waals surface area (Å²) in [6.07, 6.45) is 0. The van der Waals surface area contributed by atoms with Crippen molar-refractivity contribution in [3.05, 3.63) is 34.3 Å². The molecule has 0 saturated heterocycles. The van der Waals surface area contributed by atoms with Gasteiger partial charge in [-0.15, -0.1) is 11.3 Å². The molecular formula is C16H16N2O7S2. The molecule has 2 rings (SSSR count). The molecule has 1 unspecified atom stereocenters. The Morgan fingerprint density at radius 2 is 2.11 bits per heavy atom. The fraction of sp³-hybridized carbons (Fsp3) is 0.312. The third-order valence-corrected chi connectivity index (χ3v) is 4.99. The highest BCUT2D eigenvalue weighted by atomic mass is 32.3. The van der Waals surface area contributed by atoms with Gasteiger partial charge in [0.1, 0.15) is 21.7 Å². The molecule has 0 bridgehead atoms. The zero-order valence-electron chi connectivity index (χ0n) is 14.4. The summed E-state index contributed by atoms with van der Waals surface area (Å²) in [7, 11) is -4.51. The molecule has 0 aliphatic carbocycles. The van der Waals surface area contributed by atoms with Crippen LogP contribution in [0.25, 0.3) is 10.6 Å². The smallest absolute Gasteiger partial charge is 0.397 e. The average Bonchev–Trinajstić information content (AvgIpc) is 2.99. The molecule has 2 N–H and O–H groups in total. The van der Waals surface area contributed by atoms with Gasteiger partial charge in [-0.05, 0) is 25.1 Å². The zero-order valence-corrected chi connectivity index (χ0v) is 16.0. The van der Waals surface area contributed by atoms with E-state index in [-0.39, 0.29) is 35.3 Å². The molecule has 2 aromatic rings. The lowest BCUT2D eigenvalue weighted by atomic mass is 10.1. The van der Waals surface area contributed by atoms with Crippen LogP contribution < -0.4 is 4.74 Å². The molecule has 11 heteroatoms. The number of hydrogen-bond donors (Lipinski definition) is 2. The number of nitriles is 1. The lowest BCUT2D eigenvalue weighted by Gasteiger charge is -2.13. The summed E-state index contributed by atoms with van der Waals surface area (Å²) in [4.78, 5) is 15.5. The number of hydrogen-bond acceptors (Lipinski definition) is 8. The summed E-state index contributed by atoms with van der Waals surface area (Å²) in [5, 5.41) is 18.9. The molecule has 0 spiro atoms. The number of carbonyl (C=O) groups is 1. The summed E-state index contributed by atoms with van der Waals surface area (Å²) in [5.41, 5.74) is 1.20. The average molecular weight is 412 g/mol. The number of aryl methyl sites for hydroxylation is 1. The number of rotatable bonds is 8. The Balaban J connectivity index is 2.13. The van der Waals surface area contributed by atoms with E-state index in [0.29, 0.717) is 16.3 Å². The maximum absolute atomic E-state index is 11.1. The molecule has 0 amide bonds. The Morgan fingerprint density at radius 3 is 2.67 bits per heavy atom. The fourth-order valence-electron chi connectivity index (χ4n) is 2.08. The minimum absolute atomic E-state index is 0.0586. The summed E-state index contributed by atoms with van der Waals surface area (Å²) in [5.74, 6) is -1.14. The Hall–Kier alpha value is -2.52. The summed E-state index contributed by atoms with van der Waals surface area (Å²) < 4.78 is 39.5. The first-order valence-electron chi connectivity index (χ1n) is 7.60. The van der Waals surface area contributed by atoms with Crippen molar-refractivity contribution >= 4 is 27.7 Å². The first kappa shape index (κ1) is 20.8. The number of aromatic nitrogens is 1. The topological polar surface area (TPSA) is 147 Å². The van der Waals surface area contributed by atoms with Gasteiger partial charge in [0.15, 0.2) is 0 Å². The Labute approximate surface area is 159 Å². The van der Waals surface area contributed by atoms with Crippen molar-refractivity contribution in [2.75, 3.05) is 13.2 Å². The van der Waals surface area contributed by atoms with E-state index in [9.17, 15) is 18.5 Å². The standard InChI is InChI=1S/C16H16N2O7S2/c1-9(8-25-27(21,22)23)7-24-13-4-3-11(5-12(13)6-17)15-18-10(2)14(26-15)16(19)20/h3-5,9H,7-8H2,1-2H3,(H,19,20)(H,21,22,23). The van der Waals surface area contributed by atoms with Crippen LogP contribution in [-0.4, -0.2) is 42.2 Å². The van der Waals surface area contributed by atoms with Gasteiger partial charge >= 0.3 is 16.4 Å². The minimum atomic E-state index is -4.51. The molecule has 27 heavy (non-hydrogen) atoms. The van der Waals surface area contributed by atoms with E-state index < -0.39 is 16.4 Å². The summed E-state index contributed by atoms with van der Waals surface area (Å²) >= 11 is 1.01. The molecule has 1 aromatic carbocycles. The van der Waals surface area contributed by atoms with Gasteiger partial charge in [0.25, 0.3) is 0 Å². The van der Waals surface area contributed by atoms with Gasteiger partial charge in [0.2, 0.25) is 0 Å². The molecule has 9 nitrogen and oxygen atoms in total. The normalized spacial score (nSPS) is 12.4. The minimum Gasteiger partial charge on any atom is -0.492 e. The number of aromatic carboxylic acids is 1. The van der Waals surface area contributed by atoms with E-state index in [0.717, 1.165) is 11.3 Å². The summed E-state index contributed by atoms with van der Waals surface area (Å²) in [6.45, 7) is 3.04. The van der Waals surface area contributed by atoms with E-state index >= 15 is 0 Å². The van der Waals surface area contributed by atoms with Crippen LogP contribution in [0.3, 0.4) is 0 Å². The number of carboxylic acid groups (broad SMARTS) is 1. The van der Waals surface area contributed by atoms with Gasteiger partial charge in [-0.3, -0.25) is 4.55 Å². The van der Waals surface area contributed by atoms with Crippen molar-refractivity contribution in [2.24, 2.45) is 5.92 Å². The predicted octanol–water partition coefficient (Wildman–Crippen LogP) is 2.52. The SMILES string of the molecule is Cc1nc(-c2ccc(OCC(C)COS(=O)(=O)O)c(C#N)c2)sc1C(=O)O. The van der Waals surface area contributed by atoms with Crippen molar-refractivity contribution in [1.82, 2.24) is 4.98 Å². The number of nitrogens with zero attached hydrogens (tertiary/aromatic N) is 2. The van der Waals surface area contributed by atoms with E-state index in [1.54, 1.807) is 32.0 Å². The predicted molar refractivity (Wildman–Crippen MR) is 96.1 cm³/mol. The van der Waals surface area contributed by atoms with Crippen molar-refractivity contribution in [2.45, 2.75) is 13.8 Å². The van der Waals surface area contributed by atoms with Crippen LogP contribution in [-0.2, 0) is 14.6 Å². The monoisotopic (exact) mass is 412 g/mol. The largest absolute Gasteiger partial charge is 0.492 e. The third kappa shape index (κ3) is 5.73. The number of ether oxygens (including phenoxy) is 1. The third-order valence-electron chi connectivity index (χ3n) is 3.36. The van der Waals surface area contributed by atoms with Crippen LogP contribution in [0, 0.1) is 24.2 Å². The van der Waals surface area contributed by atoms with Crippen molar-refractivity contribution in [1.29, 1.82) is 5.26 Å². The molecular weight excluding hydrogens is 396 g/mol. The first-order valence-corrected chi connectivity index (χ1v) is 9.78. The Bertz CT molecular complexity index is 993. The molecule has 1 heterocycles. The van der Waals surface area contributed by atoms with Gasteiger partial charge < -0.3 is 9.84 Å². The van der Waals surface area contributed by atoms with E-state index in [1.165, 1.54) is 0 Å². The van der Waals surface area contributed by atoms with Crippen LogP contribution in [0.2, 0.25) is 0 Å². The molecule has 0 fully saturated rings. The molecule has 0 aliphatic rings. The second-order valence-electron chi connectivity index (χ2n) is 5.69. The first-order chi connectivity index (χ1) is 12.6. The fourth-order valence-corrected chi connectivity index (χ4v) is 3.38. The van der Waals surface area contributed by atoms with Gasteiger partial charge in [0.05, 0.1) is 24.5 Å². The van der Waals surface area contributed by atoms with Gasteiger partial charge in [0, 0.05) is 11.5 Å². The molecule has 0 radical (unpaired) electrons. The molecule has 1 aromatic heterocycles. The van der Waals surface area contributed by atoms with Gasteiger partial charge in [-0.1, -0.05) is 6.92 Å². The van der Waals surface area contributed by atoms with E-state index in [4.69, 9.17) is 14.4 Å². The zero-order chi connectivity index (χ0) is 20.2. The van der Waals surface area contributed by atoms with Gasteiger partial charge in [-0.2, -0.15) is 13.7 Å². The lowest BCUT2D eigenvalue weighted by molar-refractivity contribution is 0.0701. The highest BCUT2D eigenvalue weighted by molar-refractivity contribution is 7.80. The van der Waals surface area contributed by atoms with E-state index in [1.807, 2.05) is 6.07 Å². The molecule has 1 atom stereocenters. The quantitative estimate of drug-likeness (QED) is 0.624. The van der Waals surface area contributed by atoms with Crippen LogP contribution in [0.15, 0.2) is 18.2 Å². The van der Waals surface area contributed by atoms with Crippen LogP contribution in [0.1, 0.15) is 27.9 Å². The van der Waals surface area contributed by atoms with Gasteiger partial charge in [-0.25, -0.2) is 14.0 Å². The highest BCUT2D eigenvalue weighted by Gasteiger charge is 2.17. The highest BCUT2D eigenvalue weighted by Crippen LogP contribution is 2.31. The van der Waals surface area contributed by atoms with Crippen molar-refractivity contribution in [3.8, 4) is 22.4 Å². The Kier molecular flexibility index (Phi) is 6.50. The van der Waals surface area contributed by atoms with Crippen LogP contribution in [0.4, 0.5) is 0 Å². The van der Waals surface area contributed by atoms with Crippen LogP contribution >= 0.6 is 11.3 Å². The number of carboxylic acids is 1. The van der Waals surface area contributed by atoms with Crippen LogP contribution in [0.5, 0.6) is 5.75 Å². The summed E-state index contributed by atoms with van der Waals surface area (Å²) in [6, 6.07) is 6.75. The molecule has 0 aliphatic heterocycles. The second-order valence-corrected chi connectivity index (χ2v) is 7.78. The number of benzene rings is 1. The number of thiazole rings is 1. The van der Waals surface area contributed by atoms with Crippen molar-refractivity contribution in [3.63, 3.8) is 0 Å².